The van der Waals surface area contributed by atoms with E-state index >= 15 is 0 Å². The van der Waals surface area contributed by atoms with Crippen LogP contribution in [-0.4, -0.2) is 44.2 Å². The Bertz CT molecular complexity index is 525. The number of rotatable bonds is 8. The molecule has 9 heteroatoms. The topological polar surface area (TPSA) is 93.5 Å². The minimum Gasteiger partial charge on any atom is -0.383 e. The van der Waals surface area contributed by atoms with Crippen LogP contribution in [-0.2, 0) is 4.74 Å². The van der Waals surface area contributed by atoms with Crippen LogP contribution in [0.1, 0.15) is 10.4 Å². The van der Waals surface area contributed by atoms with Crippen molar-refractivity contribution in [1.82, 2.24) is 10.6 Å². The van der Waals surface area contributed by atoms with Crippen LogP contribution in [0.4, 0.5) is 5.69 Å². The Morgan fingerprint density at radius 2 is 2.05 bits per heavy atom. The van der Waals surface area contributed by atoms with Gasteiger partial charge in [-0.15, -0.1) is 0 Å². The van der Waals surface area contributed by atoms with Crippen molar-refractivity contribution >= 4 is 34.8 Å². The number of halogens is 2. The van der Waals surface area contributed by atoms with Crippen molar-refractivity contribution in [3.05, 3.63) is 37.9 Å². The van der Waals surface area contributed by atoms with E-state index in [9.17, 15) is 14.9 Å². The second-order valence-electron chi connectivity index (χ2n) is 4.04. The lowest BCUT2D eigenvalue weighted by Gasteiger charge is -2.08. The normalized spacial score (nSPS) is 10.4. The first-order chi connectivity index (χ1) is 9.97. The Morgan fingerprint density at radius 1 is 1.33 bits per heavy atom. The van der Waals surface area contributed by atoms with Crippen molar-refractivity contribution in [3.8, 4) is 0 Å². The van der Waals surface area contributed by atoms with Gasteiger partial charge in [0, 0.05) is 38.9 Å². The van der Waals surface area contributed by atoms with E-state index in [1.807, 2.05) is 0 Å². The number of methoxy groups -OCH3 is 1. The number of amides is 1. The molecule has 2 N–H and O–H groups in total. The van der Waals surface area contributed by atoms with Gasteiger partial charge in [-0.2, -0.15) is 0 Å². The Balaban J connectivity index is 2.63. The third-order valence-electron chi connectivity index (χ3n) is 2.54. The lowest BCUT2D eigenvalue weighted by molar-refractivity contribution is -0.384. The summed E-state index contributed by atoms with van der Waals surface area (Å²) in [5.74, 6) is -0.515. The van der Waals surface area contributed by atoms with E-state index in [0.717, 1.165) is 12.1 Å². The van der Waals surface area contributed by atoms with Crippen LogP contribution in [0.25, 0.3) is 0 Å². The maximum atomic E-state index is 12.0. The van der Waals surface area contributed by atoms with Gasteiger partial charge in [0.2, 0.25) is 0 Å². The molecular weight excluding hydrogens is 321 g/mol. The van der Waals surface area contributed by atoms with Gasteiger partial charge in [-0.1, -0.05) is 23.2 Å². The van der Waals surface area contributed by atoms with Crippen LogP contribution in [0.3, 0.4) is 0 Å². The van der Waals surface area contributed by atoms with E-state index in [4.69, 9.17) is 27.9 Å². The Hall–Kier alpha value is -1.41. The van der Waals surface area contributed by atoms with Crippen LogP contribution in [0.2, 0.25) is 10.0 Å². The van der Waals surface area contributed by atoms with E-state index in [0.29, 0.717) is 26.2 Å². The fraction of sp³-hybridized carbons (Fsp3) is 0.417. The lowest BCUT2D eigenvalue weighted by atomic mass is 10.2. The molecule has 0 heterocycles. The summed E-state index contributed by atoms with van der Waals surface area (Å²) in [6, 6.07) is 2.20. The van der Waals surface area contributed by atoms with E-state index < -0.39 is 10.8 Å². The molecule has 0 unspecified atom stereocenters. The molecule has 0 fully saturated rings. The summed E-state index contributed by atoms with van der Waals surface area (Å²) in [6.07, 6.45) is 0. The molecule has 1 amide bonds. The molecule has 21 heavy (non-hydrogen) atoms. The monoisotopic (exact) mass is 335 g/mol. The van der Waals surface area contributed by atoms with Crippen molar-refractivity contribution in [2.75, 3.05) is 33.4 Å². The molecule has 0 aliphatic carbocycles. The summed E-state index contributed by atoms with van der Waals surface area (Å²) in [6.45, 7) is 2.12. The van der Waals surface area contributed by atoms with Gasteiger partial charge < -0.3 is 15.4 Å². The fourth-order valence-electron chi connectivity index (χ4n) is 1.50. The first-order valence-electron chi connectivity index (χ1n) is 6.08. The number of nitro benzene ring substituents is 1. The highest BCUT2D eigenvalue weighted by Crippen LogP contribution is 2.30. The molecule has 1 aromatic carbocycles. The number of nitrogens with one attached hydrogen (secondary N) is 2. The molecule has 0 bridgehead atoms. The molecule has 0 saturated heterocycles. The molecule has 0 aliphatic heterocycles. The number of carbonyl (C=O) groups is 1. The number of ether oxygens (including phenoxy) is 1. The smallest absolute Gasteiger partial charge is 0.271 e. The third kappa shape index (κ3) is 5.47. The zero-order valence-electron chi connectivity index (χ0n) is 11.3. The minimum atomic E-state index is -0.634. The second kappa shape index (κ2) is 8.78. The molecule has 0 spiro atoms. The zero-order valence-corrected chi connectivity index (χ0v) is 12.8. The largest absolute Gasteiger partial charge is 0.383 e. The molecule has 0 radical (unpaired) electrons. The summed E-state index contributed by atoms with van der Waals surface area (Å²) < 4.78 is 4.86. The standard InChI is InChI=1S/C12H15Cl2N3O4/c1-21-5-4-15-2-3-16-12(18)9-6-8(17(19)20)7-10(13)11(9)14/h6-7,15H,2-5H2,1H3,(H,16,18). The SMILES string of the molecule is COCCNCCNC(=O)c1cc([N+](=O)[O-])cc(Cl)c1Cl. The number of non-ortho nitro benzene ring substituents is 1. The van der Waals surface area contributed by atoms with Gasteiger partial charge >= 0.3 is 0 Å². The third-order valence-corrected chi connectivity index (χ3v) is 3.34. The Labute approximate surface area is 131 Å². The van der Waals surface area contributed by atoms with Crippen molar-refractivity contribution in [3.63, 3.8) is 0 Å². The van der Waals surface area contributed by atoms with Gasteiger partial charge in [-0.25, -0.2) is 0 Å². The molecule has 7 nitrogen and oxygen atoms in total. The molecule has 1 rings (SSSR count). The van der Waals surface area contributed by atoms with Crippen molar-refractivity contribution < 1.29 is 14.5 Å². The van der Waals surface area contributed by atoms with E-state index in [1.54, 1.807) is 7.11 Å². The maximum Gasteiger partial charge on any atom is 0.271 e. The molecule has 1 aromatic rings. The molecule has 116 valence electrons. The second-order valence-corrected chi connectivity index (χ2v) is 4.83. The van der Waals surface area contributed by atoms with Crippen LogP contribution >= 0.6 is 23.2 Å². The molecule has 0 aliphatic rings. The van der Waals surface area contributed by atoms with Crippen molar-refractivity contribution in [2.24, 2.45) is 0 Å². The number of hydrogen-bond donors (Lipinski definition) is 2. The molecule has 0 atom stereocenters. The van der Waals surface area contributed by atoms with Crippen LogP contribution in [0.15, 0.2) is 12.1 Å². The molecular formula is C12H15Cl2N3O4. The number of benzene rings is 1. The average Bonchev–Trinajstić information content (AvgIpc) is 2.44. The van der Waals surface area contributed by atoms with Crippen LogP contribution in [0.5, 0.6) is 0 Å². The Morgan fingerprint density at radius 3 is 2.67 bits per heavy atom. The number of hydrogen-bond acceptors (Lipinski definition) is 5. The predicted octanol–water partition coefficient (Wildman–Crippen LogP) is 1.87. The summed E-state index contributed by atoms with van der Waals surface area (Å²) in [5, 5.41) is 16.4. The quantitative estimate of drug-likeness (QED) is 0.429. The predicted molar refractivity (Wildman–Crippen MR) is 80.2 cm³/mol. The first kappa shape index (κ1) is 17.6. The van der Waals surface area contributed by atoms with E-state index in [2.05, 4.69) is 10.6 Å². The van der Waals surface area contributed by atoms with Crippen LogP contribution < -0.4 is 10.6 Å². The summed E-state index contributed by atoms with van der Waals surface area (Å²) >= 11 is 11.7. The van der Waals surface area contributed by atoms with Crippen molar-refractivity contribution in [2.45, 2.75) is 0 Å². The number of carbonyl (C=O) groups excluding carboxylic acids is 1. The van der Waals surface area contributed by atoms with Gasteiger partial charge in [-0.05, 0) is 0 Å². The molecule has 0 saturated carbocycles. The maximum absolute atomic E-state index is 12.0. The van der Waals surface area contributed by atoms with Gasteiger partial charge in [0.1, 0.15) is 0 Å². The van der Waals surface area contributed by atoms with Gasteiger partial charge in [0.15, 0.2) is 0 Å². The summed E-state index contributed by atoms with van der Waals surface area (Å²) in [4.78, 5) is 22.1. The van der Waals surface area contributed by atoms with Crippen molar-refractivity contribution in [1.29, 1.82) is 0 Å². The Kier molecular flexibility index (Phi) is 7.38. The van der Waals surface area contributed by atoms with Gasteiger partial charge in [0.25, 0.3) is 11.6 Å². The highest BCUT2D eigenvalue weighted by atomic mass is 35.5. The van der Waals surface area contributed by atoms with Crippen LogP contribution in [0, 0.1) is 10.1 Å². The lowest BCUT2D eigenvalue weighted by Crippen LogP contribution is -2.33. The highest BCUT2D eigenvalue weighted by molar-refractivity contribution is 6.44. The molecule has 0 aromatic heterocycles. The summed E-state index contributed by atoms with van der Waals surface area (Å²) in [5.41, 5.74) is -0.305. The highest BCUT2D eigenvalue weighted by Gasteiger charge is 2.19. The van der Waals surface area contributed by atoms with Gasteiger partial charge in [0.05, 0.1) is 27.1 Å². The average molecular weight is 336 g/mol. The summed E-state index contributed by atoms with van der Waals surface area (Å²) in [7, 11) is 1.59. The number of nitro groups is 1. The van der Waals surface area contributed by atoms with E-state index in [1.165, 1.54) is 0 Å². The fourth-order valence-corrected chi connectivity index (χ4v) is 1.91. The van der Waals surface area contributed by atoms with Gasteiger partial charge in [-0.3, -0.25) is 14.9 Å². The van der Waals surface area contributed by atoms with E-state index in [-0.39, 0.29) is 21.3 Å². The first-order valence-corrected chi connectivity index (χ1v) is 6.84. The minimum absolute atomic E-state index is 0.00731. The number of nitrogens with zero attached hydrogens (tertiary/aromatic N) is 1. The zero-order chi connectivity index (χ0) is 15.8.